The van der Waals surface area contributed by atoms with Gasteiger partial charge in [-0.3, -0.25) is 0 Å². The van der Waals surface area contributed by atoms with Crippen LogP contribution in [-0.2, 0) is 6.18 Å². The van der Waals surface area contributed by atoms with Crippen LogP contribution in [0.2, 0.25) is 5.02 Å². The van der Waals surface area contributed by atoms with Gasteiger partial charge in [0.15, 0.2) is 11.9 Å². The number of rotatable bonds is 3. The number of aliphatic hydroxyl groups is 1. The van der Waals surface area contributed by atoms with E-state index in [4.69, 9.17) is 11.6 Å². The summed E-state index contributed by atoms with van der Waals surface area (Å²) in [5.74, 6) is -0.728. The van der Waals surface area contributed by atoms with E-state index in [0.29, 0.717) is 18.7 Å². The van der Waals surface area contributed by atoms with Crippen LogP contribution in [0.25, 0.3) is 5.82 Å². The highest BCUT2D eigenvalue weighted by Crippen LogP contribution is 2.63. The predicted octanol–water partition coefficient (Wildman–Crippen LogP) is 5.51. The number of alkyl halides is 8. The quantitative estimate of drug-likeness (QED) is 0.411. The predicted molar refractivity (Wildman–Crippen MR) is 90.3 cm³/mol. The molecule has 0 radical (unpaired) electrons. The topological polar surface area (TPSA) is 50.9 Å². The zero-order valence-electron chi connectivity index (χ0n) is 12.8. The fourth-order valence-corrected chi connectivity index (χ4v) is 3.84. The first-order valence-corrected chi connectivity index (χ1v) is 9.13. The molecule has 0 amide bonds. The summed E-state index contributed by atoms with van der Waals surface area (Å²) in [6, 6.07) is 0.599. The lowest BCUT2D eigenvalue weighted by Crippen LogP contribution is -2.22. The zero-order chi connectivity index (χ0) is 20.4. The Morgan fingerprint density at radius 2 is 1.85 bits per heavy atom. The Morgan fingerprint density at radius 3 is 2.30 bits per heavy atom. The SMILES string of the molecule is OC(c1nn(-c2ncc(C(F)(F)F)cc2Cl)cc1C1CC1(Br)Br)C(F)(F)F. The van der Waals surface area contributed by atoms with Gasteiger partial charge in [0.05, 0.1) is 13.8 Å². The molecule has 2 aromatic heterocycles. The molecule has 13 heteroatoms. The number of pyridine rings is 1. The lowest BCUT2D eigenvalue weighted by atomic mass is 10.1. The van der Waals surface area contributed by atoms with Crippen LogP contribution in [0, 0.1) is 0 Å². The summed E-state index contributed by atoms with van der Waals surface area (Å²) in [4.78, 5) is 3.57. The van der Waals surface area contributed by atoms with Crippen molar-refractivity contribution in [3.8, 4) is 5.82 Å². The molecule has 2 heterocycles. The normalized spacial score (nSPS) is 20.6. The first-order chi connectivity index (χ1) is 12.2. The van der Waals surface area contributed by atoms with Crippen LogP contribution in [0.4, 0.5) is 26.3 Å². The second kappa shape index (κ2) is 6.60. The Labute approximate surface area is 169 Å². The Hall–Kier alpha value is -0.850. The van der Waals surface area contributed by atoms with Crippen molar-refractivity contribution >= 4 is 43.5 Å². The van der Waals surface area contributed by atoms with E-state index in [2.05, 4.69) is 41.9 Å². The number of hydrogen-bond donors (Lipinski definition) is 1. The van der Waals surface area contributed by atoms with E-state index in [0.717, 1.165) is 4.68 Å². The zero-order valence-corrected chi connectivity index (χ0v) is 16.7. The molecule has 4 nitrogen and oxygen atoms in total. The second-order valence-corrected chi connectivity index (χ2v) is 10.2. The molecule has 3 rings (SSSR count). The molecule has 2 aromatic rings. The van der Waals surface area contributed by atoms with Crippen LogP contribution >= 0.6 is 43.5 Å². The maximum absolute atomic E-state index is 13.0. The molecule has 1 aliphatic carbocycles. The van der Waals surface area contributed by atoms with Gasteiger partial charge in [-0.25, -0.2) is 9.67 Å². The monoisotopic (exact) mass is 541 g/mol. The lowest BCUT2D eigenvalue weighted by Gasteiger charge is -2.14. The molecule has 1 N–H and O–H groups in total. The van der Waals surface area contributed by atoms with E-state index in [9.17, 15) is 31.4 Å². The number of halogens is 9. The summed E-state index contributed by atoms with van der Waals surface area (Å²) in [5.41, 5.74) is -1.70. The molecule has 2 atom stereocenters. The maximum Gasteiger partial charge on any atom is 0.420 e. The van der Waals surface area contributed by atoms with Crippen LogP contribution in [0.3, 0.4) is 0 Å². The Kier molecular flexibility index (Phi) is 5.10. The van der Waals surface area contributed by atoms with Crippen LogP contribution in [0.15, 0.2) is 18.5 Å². The summed E-state index contributed by atoms with van der Waals surface area (Å²) in [5, 5.41) is 12.9. The molecule has 0 aliphatic heterocycles. The van der Waals surface area contributed by atoms with Crippen molar-refractivity contribution in [1.29, 1.82) is 0 Å². The van der Waals surface area contributed by atoms with E-state index >= 15 is 0 Å². The minimum atomic E-state index is -4.97. The Bertz CT molecular complexity index is 883. The third-order valence-electron chi connectivity index (χ3n) is 3.91. The highest BCUT2D eigenvalue weighted by molar-refractivity contribution is 9.25. The fraction of sp³-hybridized carbons (Fsp3) is 0.429. The molecular formula is C14H8Br2ClF6N3O. The molecule has 1 saturated carbocycles. The van der Waals surface area contributed by atoms with E-state index in [1.807, 2.05) is 0 Å². The minimum Gasteiger partial charge on any atom is -0.378 e. The van der Waals surface area contributed by atoms with Gasteiger partial charge >= 0.3 is 12.4 Å². The standard InChI is InChI=1S/C14H8Br2ClF6N3O/c15-12(16)2-7(12)6-4-26(25-9(6)10(27)14(21,22)23)11-8(17)1-5(3-24-11)13(18,19)20/h1,3-4,7,10,27H,2H2. The highest BCUT2D eigenvalue weighted by atomic mass is 79.9. The van der Waals surface area contributed by atoms with E-state index in [1.54, 1.807) is 0 Å². The summed E-state index contributed by atoms with van der Waals surface area (Å²) >= 11 is 12.4. The number of hydrogen-bond acceptors (Lipinski definition) is 3. The van der Waals surface area contributed by atoms with Gasteiger partial charge in [0.25, 0.3) is 0 Å². The molecular weight excluding hydrogens is 535 g/mol. The molecule has 0 aromatic carbocycles. The molecule has 1 aliphatic rings. The van der Waals surface area contributed by atoms with Crippen molar-refractivity contribution in [2.75, 3.05) is 0 Å². The van der Waals surface area contributed by atoms with E-state index < -0.39 is 43.9 Å². The van der Waals surface area contributed by atoms with Crippen molar-refractivity contribution in [3.63, 3.8) is 0 Å². The van der Waals surface area contributed by atoms with Crippen molar-refractivity contribution < 1.29 is 31.4 Å². The van der Waals surface area contributed by atoms with E-state index in [1.165, 1.54) is 6.20 Å². The third-order valence-corrected chi connectivity index (χ3v) is 5.94. The van der Waals surface area contributed by atoms with Crippen LogP contribution in [0.5, 0.6) is 0 Å². The van der Waals surface area contributed by atoms with Crippen LogP contribution < -0.4 is 0 Å². The summed E-state index contributed by atoms with van der Waals surface area (Å²) in [7, 11) is 0. The first kappa shape index (κ1) is 20.9. The lowest BCUT2D eigenvalue weighted by molar-refractivity contribution is -0.208. The average Bonchev–Trinajstić information content (AvgIpc) is 2.96. The smallest absolute Gasteiger partial charge is 0.378 e. The molecule has 0 bridgehead atoms. The molecule has 1 fully saturated rings. The Morgan fingerprint density at radius 1 is 1.26 bits per heavy atom. The minimum absolute atomic E-state index is 0.0753. The largest absolute Gasteiger partial charge is 0.420 e. The number of nitrogens with zero attached hydrogens (tertiary/aromatic N) is 3. The molecule has 0 spiro atoms. The summed E-state index contributed by atoms with van der Waals surface area (Å²) in [6.07, 6.45) is -10.4. The highest BCUT2D eigenvalue weighted by Gasteiger charge is 2.55. The molecule has 148 valence electrons. The van der Waals surface area contributed by atoms with Gasteiger partial charge < -0.3 is 5.11 Å². The maximum atomic E-state index is 13.0. The van der Waals surface area contributed by atoms with Crippen molar-refractivity contribution in [2.45, 2.75) is 34.0 Å². The number of aliphatic hydroxyl groups excluding tert-OH is 1. The van der Waals surface area contributed by atoms with Crippen LogP contribution in [-0.4, -0.2) is 29.3 Å². The van der Waals surface area contributed by atoms with Crippen LogP contribution in [0.1, 0.15) is 35.3 Å². The average molecular weight is 543 g/mol. The van der Waals surface area contributed by atoms with Gasteiger partial charge in [-0.15, -0.1) is 0 Å². The summed E-state index contributed by atoms with van der Waals surface area (Å²) in [6.45, 7) is 0. The third kappa shape index (κ3) is 4.13. The first-order valence-electron chi connectivity index (χ1n) is 7.17. The van der Waals surface area contributed by atoms with Gasteiger partial charge in [0, 0.05) is 23.9 Å². The van der Waals surface area contributed by atoms with Crippen molar-refractivity contribution in [2.24, 2.45) is 0 Å². The molecule has 2 unspecified atom stereocenters. The van der Waals surface area contributed by atoms with Crippen molar-refractivity contribution in [1.82, 2.24) is 14.8 Å². The van der Waals surface area contributed by atoms with Gasteiger partial charge in [-0.1, -0.05) is 43.5 Å². The van der Waals surface area contributed by atoms with Crippen molar-refractivity contribution in [3.05, 3.63) is 40.3 Å². The van der Waals surface area contributed by atoms with Gasteiger partial charge in [0.2, 0.25) is 0 Å². The Balaban J connectivity index is 2.07. The summed E-state index contributed by atoms with van der Waals surface area (Å²) < 4.78 is 77.3. The van der Waals surface area contributed by atoms with E-state index in [-0.39, 0.29) is 11.4 Å². The number of aromatic nitrogens is 3. The second-order valence-electron chi connectivity index (χ2n) is 5.90. The fourth-order valence-electron chi connectivity index (χ4n) is 2.45. The van der Waals surface area contributed by atoms with Gasteiger partial charge in [-0.05, 0) is 12.5 Å². The molecule has 0 saturated heterocycles. The van der Waals surface area contributed by atoms with Gasteiger partial charge in [-0.2, -0.15) is 31.4 Å². The molecule has 27 heavy (non-hydrogen) atoms. The van der Waals surface area contributed by atoms with Gasteiger partial charge in [0.1, 0.15) is 5.69 Å².